The standard InChI is InChI=1S/C40H45N7O3/c1-39(2,3)50-38(49)47-19-5-7-33(47)37-44-29-12-8-23(20-32(29)46-37)25-10-11-26(34-27(25)22-40(35(34)48)14-17-41-18-15-40)24-9-13-28-31(21-24)45-36(43-28)30-6-4-16-42-30/h8-13,20-21,30,33,41-42H,4-7,14-19,22H2,1-3H3,(H,43,45)(H,44,46)/t30-,33-/m0/s1. The minimum absolute atomic E-state index is 0.153. The van der Waals surface area contributed by atoms with E-state index in [0.717, 1.165) is 132 Å². The zero-order chi connectivity index (χ0) is 34.2. The van der Waals surface area contributed by atoms with Crippen LogP contribution in [0.5, 0.6) is 0 Å². The molecule has 2 aromatic heterocycles. The Kier molecular flexibility index (Phi) is 7.40. The van der Waals surface area contributed by atoms with Gasteiger partial charge in [-0.3, -0.25) is 9.69 Å². The molecule has 258 valence electrons. The highest BCUT2D eigenvalue weighted by Gasteiger charge is 2.48. The molecule has 1 amide bonds. The third kappa shape index (κ3) is 5.31. The molecule has 3 fully saturated rings. The van der Waals surface area contributed by atoms with Crippen LogP contribution in [0.25, 0.3) is 44.3 Å². The van der Waals surface area contributed by atoms with Crippen LogP contribution in [0.3, 0.4) is 0 Å². The molecule has 3 aliphatic heterocycles. The number of ketones is 1. The number of Topliss-reactive ketones (excluding diaryl/α,β-unsaturated/α-hetero) is 1. The molecule has 1 aliphatic carbocycles. The van der Waals surface area contributed by atoms with Gasteiger partial charge in [-0.15, -0.1) is 0 Å². The van der Waals surface area contributed by atoms with Crippen molar-refractivity contribution in [2.24, 2.45) is 5.41 Å². The second kappa shape index (κ2) is 11.8. The highest BCUT2D eigenvalue weighted by Crippen LogP contribution is 2.50. The monoisotopic (exact) mass is 671 g/mol. The summed E-state index contributed by atoms with van der Waals surface area (Å²) in [6.45, 7) is 9.06. The van der Waals surface area contributed by atoms with E-state index in [2.05, 4.69) is 69.1 Å². The number of likely N-dealkylation sites (tertiary alicyclic amines) is 1. The number of piperidine rings is 1. The van der Waals surface area contributed by atoms with Crippen LogP contribution in [-0.2, 0) is 11.2 Å². The van der Waals surface area contributed by atoms with Crippen LogP contribution in [0.1, 0.15) is 99.0 Å². The van der Waals surface area contributed by atoms with Crippen molar-refractivity contribution in [1.29, 1.82) is 0 Å². The van der Waals surface area contributed by atoms with Gasteiger partial charge in [-0.1, -0.05) is 24.3 Å². The smallest absolute Gasteiger partial charge is 0.410 e. The maximum Gasteiger partial charge on any atom is 0.410 e. The largest absolute Gasteiger partial charge is 0.444 e. The SMILES string of the molecule is CC(C)(C)OC(=O)N1CCC[C@H]1c1nc2ccc(-c3ccc(-c4ccc5nc([C@@H]6CCCN6)[nH]c5c4)c4c3CC3(CCNCC3)C4=O)cc2[nH]1. The molecule has 2 atom stereocenters. The Balaban J connectivity index is 1.10. The van der Waals surface area contributed by atoms with Gasteiger partial charge in [0.15, 0.2) is 5.78 Å². The molecule has 0 bridgehead atoms. The summed E-state index contributed by atoms with van der Waals surface area (Å²) >= 11 is 0. The summed E-state index contributed by atoms with van der Waals surface area (Å²) in [4.78, 5) is 46.4. The number of ether oxygens (including phenoxy) is 1. The van der Waals surface area contributed by atoms with Crippen molar-refractivity contribution in [1.82, 2.24) is 35.5 Å². The first kappa shape index (κ1) is 31.4. The van der Waals surface area contributed by atoms with Crippen LogP contribution in [0.15, 0.2) is 48.5 Å². The quantitative estimate of drug-likeness (QED) is 0.157. The van der Waals surface area contributed by atoms with E-state index in [4.69, 9.17) is 14.7 Å². The van der Waals surface area contributed by atoms with Gasteiger partial charge in [-0.25, -0.2) is 14.8 Å². The highest BCUT2D eigenvalue weighted by molar-refractivity contribution is 6.12. The van der Waals surface area contributed by atoms with Gasteiger partial charge >= 0.3 is 6.09 Å². The minimum atomic E-state index is -0.557. The number of H-pyrrole nitrogens is 2. The summed E-state index contributed by atoms with van der Waals surface area (Å²) in [5.41, 5.74) is 8.99. The number of aromatic nitrogens is 4. The van der Waals surface area contributed by atoms with Crippen molar-refractivity contribution in [3.8, 4) is 22.3 Å². The molecular formula is C40H45N7O3. The van der Waals surface area contributed by atoms with E-state index < -0.39 is 5.60 Å². The fourth-order valence-electron chi connectivity index (χ4n) is 8.82. The Morgan fingerprint density at radius 1 is 0.860 bits per heavy atom. The number of carbonyl (C=O) groups excluding carboxylic acids is 2. The molecule has 4 N–H and O–H groups in total. The summed E-state index contributed by atoms with van der Waals surface area (Å²) in [6.07, 6.45) is 6.12. The summed E-state index contributed by atoms with van der Waals surface area (Å²) in [5, 5.41) is 7.02. The molecule has 4 aliphatic rings. The molecule has 3 saturated heterocycles. The lowest BCUT2D eigenvalue weighted by atomic mass is 9.75. The predicted molar refractivity (Wildman–Crippen MR) is 194 cm³/mol. The van der Waals surface area contributed by atoms with Crippen molar-refractivity contribution in [2.75, 3.05) is 26.2 Å². The van der Waals surface area contributed by atoms with Gasteiger partial charge in [0.1, 0.15) is 17.2 Å². The fraction of sp³-hybridized carbons (Fsp3) is 0.450. The number of nitrogens with zero attached hydrogens (tertiary/aromatic N) is 3. The van der Waals surface area contributed by atoms with Gasteiger partial charge in [0.2, 0.25) is 0 Å². The lowest BCUT2D eigenvalue weighted by Crippen LogP contribution is -2.40. The molecule has 10 heteroatoms. The maximum absolute atomic E-state index is 14.6. The molecule has 0 radical (unpaired) electrons. The molecular weight excluding hydrogens is 626 g/mol. The third-order valence-electron chi connectivity index (χ3n) is 11.3. The Morgan fingerprint density at radius 2 is 1.54 bits per heavy atom. The third-order valence-corrected chi connectivity index (χ3v) is 11.3. The topological polar surface area (TPSA) is 128 Å². The van der Waals surface area contributed by atoms with Gasteiger partial charge < -0.3 is 25.3 Å². The van der Waals surface area contributed by atoms with Crippen LogP contribution in [0.4, 0.5) is 4.79 Å². The number of nitrogens with one attached hydrogen (secondary N) is 4. The van der Waals surface area contributed by atoms with Crippen LogP contribution in [-0.4, -0.2) is 68.5 Å². The Hall–Kier alpha value is -4.54. The number of aromatic amines is 2. The number of amides is 1. The number of imidazole rings is 2. The lowest BCUT2D eigenvalue weighted by molar-refractivity contribution is 0.0218. The zero-order valence-corrected chi connectivity index (χ0v) is 29.1. The van der Waals surface area contributed by atoms with Crippen LogP contribution in [0.2, 0.25) is 0 Å². The van der Waals surface area contributed by atoms with Crippen molar-refractivity contribution in [3.63, 3.8) is 0 Å². The number of hydrogen-bond acceptors (Lipinski definition) is 7. The van der Waals surface area contributed by atoms with E-state index in [1.54, 1.807) is 4.90 Å². The molecule has 3 aromatic carbocycles. The lowest BCUT2D eigenvalue weighted by Gasteiger charge is -2.32. The minimum Gasteiger partial charge on any atom is -0.444 e. The van der Waals surface area contributed by atoms with Gasteiger partial charge in [-0.05, 0) is 137 Å². The van der Waals surface area contributed by atoms with E-state index >= 15 is 0 Å². The summed E-state index contributed by atoms with van der Waals surface area (Å²) in [5.74, 6) is 2.05. The van der Waals surface area contributed by atoms with Gasteiger partial charge in [0.05, 0.1) is 34.2 Å². The Morgan fingerprint density at radius 3 is 2.24 bits per heavy atom. The number of fused-ring (bicyclic) bond motifs is 3. The van der Waals surface area contributed by atoms with E-state index in [9.17, 15) is 9.59 Å². The van der Waals surface area contributed by atoms with Gasteiger partial charge in [-0.2, -0.15) is 0 Å². The van der Waals surface area contributed by atoms with Gasteiger partial charge in [0, 0.05) is 17.5 Å². The average molecular weight is 672 g/mol. The van der Waals surface area contributed by atoms with Gasteiger partial charge in [0.25, 0.3) is 0 Å². The molecule has 50 heavy (non-hydrogen) atoms. The number of hydrogen-bond donors (Lipinski definition) is 4. The summed E-state index contributed by atoms with van der Waals surface area (Å²) < 4.78 is 5.71. The van der Waals surface area contributed by atoms with E-state index in [-0.39, 0.29) is 29.4 Å². The maximum atomic E-state index is 14.6. The molecule has 0 unspecified atom stereocenters. The normalized spacial score (nSPS) is 21.9. The highest BCUT2D eigenvalue weighted by atomic mass is 16.6. The van der Waals surface area contributed by atoms with Crippen molar-refractivity contribution in [3.05, 3.63) is 71.3 Å². The molecule has 5 aromatic rings. The second-order valence-corrected chi connectivity index (χ2v) is 15.7. The first-order valence-electron chi connectivity index (χ1n) is 18.3. The van der Waals surface area contributed by atoms with Crippen molar-refractivity contribution >= 4 is 33.9 Å². The molecule has 0 saturated carbocycles. The Labute approximate surface area is 291 Å². The summed E-state index contributed by atoms with van der Waals surface area (Å²) in [6, 6.07) is 17.1. The van der Waals surface area contributed by atoms with E-state index in [1.807, 2.05) is 20.8 Å². The zero-order valence-electron chi connectivity index (χ0n) is 29.1. The Bertz CT molecular complexity index is 2150. The number of carbonyl (C=O) groups is 2. The fourth-order valence-corrected chi connectivity index (χ4v) is 8.82. The average Bonchev–Trinajstić information content (AvgIpc) is 3.93. The molecule has 1 spiro atoms. The molecule has 5 heterocycles. The first-order chi connectivity index (χ1) is 24.2. The molecule has 9 rings (SSSR count). The number of benzene rings is 3. The van der Waals surface area contributed by atoms with E-state index in [1.165, 1.54) is 0 Å². The second-order valence-electron chi connectivity index (χ2n) is 15.7. The van der Waals surface area contributed by atoms with Crippen LogP contribution >= 0.6 is 0 Å². The number of rotatable bonds is 4. The van der Waals surface area contributed by atoms with E-state index in [0.29, 0.717) is 6.54 Å². The van der Waals surface area contributed by atoms with Crippen molar-refractivity contribution < 1.29 is 14.3 Å². The summed E-state index contributed by atoms with van der Waals surface area (Å²) in [7, 11) is 0. The first-order valence-corrected chi connectivity index (χ1v) is 18.3. The van der Waals surface area contributed by atoms with Crippen LogP contribution in [0, 0.1) is 5.41 Å². The molecule has 10 nitrogen and oxygen atoms in total. The van der Waals surface area contributed by atoms with Crippen LogP contribution < -0.4 is 10.6 Å². The predicted octanol–water partition coefficient (Wildman–Crippen LogP) is 7.38. The van der Waals surface area contributed by atoms with Crippen molar-refractivity contribution in [2.45, 2.75) is 83.4 Å².